The molecule has 0 amide bonds. The third-order valence-corrected chi connectivity index (χ3v) is 3.19. The van der Waals surface area contributed by atoms with Crippen molar-refractivity contribution in [1.29, 1.82) is 0 Å². The molecule has 0 N–H and O–H groups in total. The van der Waals surface area contributed by atoms with E-state index >= 15 is 0 Å². The summed E-state index contributed by atoms with van der Waals surface area (Å²) < 4.78 is 6.46. The summed E-state index contributed by atoms with van der Waals surface area (Å²) in [5.74, 6) is 0. The largest absolute Gasteiger partial charge is 0.379 e. The van der Waals surface area contributed by atoms with Crippen molar-refractivity contribution >= 4 is 21.4 Å². The molecule has 1 aromatic heterocycles. The molecule has 0 atom stereocenters. The minimum absolute atomic E-state index is 0.721. The van der Waals surface area contributed by atoms with Crippen molar-refractivity contribution < 1.29 is 4.74 Å². The first-order valence-corrected chi connectivity index (χ1v) is 5.10. The van der Waals surface area contributed by atoms with Gasteiger partial charge in [-0.2, -0.15) is 0 Å². The lowest BCUT2D eigenvalue weighted by atomic mass is 10.1. The SMILES string of the molecule is COCc1cc2c(C)cccc2s1. The van der Waals surface area contributed by atoms with Crippen molar-refractivity contribution in [3.63, 3.8) is 0 Å². The van der Waals surface area contributed by atoms with Gasteiger partial charge in [-0.1, -0.05) is 12.1 Å². The van der Waals surface area contributed by atoms with E-state index in [2.05, 4.69) is 31.2 Å². The molecule has 0 saturated heterocycles. The highest BCUT2D eigenvalue weighted by Crippen LogP contribution is 2.28. The highest BCUT2D eigenvalue weighted by Gasteiger charge is 2.02. The zero-order valence-electron chi connectivity index (χ0n) is 7.83. The van der Waals surface area contributed by atoms with Gasteiger partial charge in [0.25, 0.3) is 0 Å². The summed E-state index contributed by atoms with van der Waals surface area (Å²) in [6.07, 6.45) is 0. The normalized spacial score (nSPS) is 10.9. The van der Waals surface area contributed by atoms with E-state index in [1.54, 1.807) is 7.11 Å². The van der Waals surface area contributed by atoms with Gasteiger partial charge in [0.1, 0.15) is 0 Å². The van der Waals surface area contributed by atoms with Crippen molar-refractivity contribution in [2.45, 2.75) is 13.5 Å². The maximum atomic E-state index is 5.11. The van der Waals surface area contributed by atoms with Crippen LogP contribution in [0.25, 0.3) is 10.1 Å². The molecule has 68 valence electrons. The van der Waals surface area contributed by atoms with Gasteiger partial charge in [-0.15, -0.1) is 11.3 Å². The smallest absolute Gasteiger partial charge is 0.0806 e. The molecule has 0 radical (unpaired) electrons. The van der Waals surface area contributed by atoms with E-state index < -0.39 is 0 Å². The number of thiophene rings is 1. The van der Waals surface area contributed by atoms with Gasteiger partial charge >= 0.3 is 0 Å². The van der Waals surface area contributed by atoms with Crippen LogP contribution in [0.3, 0.4) is 0 Å². The van der Waals surface area contributed by atoms with Crippen molar-refractivity contribution in [2.24, 2.45) is 0 Å². The number of rotatable bonds is 2. The van der Waals surface area contributed by atoms with Gasteiger partial charge < -0.3 is 4.74 Å². The van der Waals surface area contributed by atoms with E-state index in [0.29, 0.717) is 0 Å². The van der Waals surface area contributed by atoms with E-state index in [-0.39, 0.29) is 0 Å². The van der Waals surface area contributed by atoms with E-state index in [1.807, 2.05) is 11.3 Å². The van der Waals surface area contributed by atoms with Gasteiger partial charge in [-0.25, -0.2) is 0 Å². The monoisotopic (exact) mass is 192 g/mol. The maximum absolute atomic E-state index is 5.11. The minimum atomic E-state index is 0.721. The number of methoxy groups -OCH3 is 1. The summed E-state index contributed by atoms with van der Waals surface area (Å²) in [6.45, 7) is 2.87. The van der Waals surface area contributed by atoms with Crippen molar-refractivity contribution in [3.8, 4) is 0 Å². The quantitative estimate of drug-likeness (QED) is 0.709. The minimum Gasteiger partial charge on any atom is -0.379 e. The topological polar surface area (TPSA) is 9.23 Å². The standard InChI is InChI=1S/C11H12OS/c1-8-4-3-5-11-10(8)6-9(13-11)7-12-2/h3-6H,7H2,1-2H3. The molecule has 0 fully saturated rings. The zero-order valence-corrected chi connectivity index (χ0v) is 8.65. The van der Waals surface area contributed by atoms with Crippen LogP contribution in [0.1, 0.15) is 10.4 Å². The summed E-state index contributed by atoms with van der Waals surface area (Å²) in [5, 5.41) is 1.36. The third-order valence-electron chi connectivity index (χ3n) is 2.12. The summed E-state index contributed by atoms with van der Waals surface area (Å²) in [6, 6.07) is 8.63. The molecule has 2 rings (SSSR count). The Bertz CT molecular complexity index is 417. The maximum Gasteiger partial charge on any atom is 0.0806 e. The lowest BCUT2D eigenvalue weighted by molar-refractivity contribution is 0.187. The van der Waals surface area contributed by atoms with E-state index in [4.69, 9.17) is 4.74 Å². The Kier molecular flexibility index (Phi) is 2.34. The average Bonchev–Trinajstić information content (AvgIpc) is 2.49. The first kappa shape index (κ1) is 8.73. The van der Waals surface area contributed by atoms with Gasteiger partial charge in [0.2, 0.25) is 0 Å². The van der Waals surface area contributed by atoms with Crippen LogP contribution in [0.5, 0.6) is 0 Å². The number of aryl methyl sites for hydroxylation is 1. The summed E-state index contributed by atoms with van der Waals surface area (Å²) in [7, 11) is 1.73. The number of fused-ring (bicyclic) bond motifs is 1. The predicted octanol–water partition coefficient (Wildman–Crippen LogP) is 3.36. The van der Waals surface area contributed by atoms with Crippen LogP contribution < -0.4 is 0 Å². The first-order valence-electron chi connectivity index (χ1n) is 4.28. The van der Waals surface area contributed by atoms with E-state index in [0.717, 1.165) is 6.61 Å². The second-order valence-corrected chi connectivity index (χ2v) is 4.30. The fourth-order valence-electron chi connectivity index (χ4n) is 1.47. The zero-order chi connectivity index (χ0) is 9.26. The molecule has 0 bridgehead atoms. The fourth-order valence-corrected chi connectivity index (χ4v) is 2.59. The second kappa shape index (κ2) is 3.48. The third kappa shape index (κ3) is 1.60. The highest BCUT2D eigenvalue weighted by atomic mass is 32.1. The number of hydrogen-bond acceptors (Lipinski definition) is 2. The Morgan fingerprint density at radius 1 is 1.38 bits per heavy atom. The lowest BCUT2D eigenvalue weighted by Crippen LogP contribution is -1.79. The van der Waals surface area contributed by atoms with Crippen LogP contribution >= 0.6 is 11.3 Å². The summed E-state index contributed by atoms with van der Waals surface area (Å²) in [5.41, 5.74) is 1.34. The van der Waals surface area contributed by atoms with Gasteiger partial charge in [0.05, 0.1) is 6.61 Å². The average molecular weight is 192 g/mol. The van der Waals surface area contributed by atoms with Crippen molar-refractivity contribution in [1.82, 2.24) is 0 Å². The molecular formula is C11H12OS. The molecule has 0 aliphatic rings. The molecule has 0 saturated carbocycles. The Morgan fingerprint density at radius 3 is 2.92 bits per heavy atom. The Morgan fingerprint density at radius 2 is 2.23 bits per heavy atom. The molecule has 2 heteroatoms. The molecule has 1 aromatic carbocycles. The van der Waals surface area contributed by atoms with Crippen LogP contribution in [0.4, 0.5) is 0 Å². The van der Waals surface area contributed by atoms with Crippen LogP contribution in [-0.4, -0.2) is 7.11 Å². The predicted molar refractivity (Wildman–Crippen MR) is 57.3 cm³/mol. The van der Waals surface area contributed by atoms with Crippen LogP contribution in [0.15, 0.2) is 24.3 Å². The molecule has 1 heterocycles. The van der Waals surface area contributed by atoms with E-state index in [1.165, 1.54) is 20.5 Å². The fraction of sp³-hybridized carbons (Fsp3) is 0.273. The Labute approximate surface area is 82.0 Å². The molecule has 0 unspecified atom stereocenters. The highest BCUT2D eigenvalue weighted by molar-refractivity contribution is 7.19. The molecule has 0 aliphatic carbocycles. The van der Waals surface area contributed by atoms with Gasteiger partial charge in [-0.3, -0.25) is 0 Å². The van der Waals surface area contributed by atoms with Crippen LogP contribution in [0.2, 0.25) is 0 Å². The molecule has 0 aliphatic heterocycles. The van der Waals surface area contributed by atoms with Crippen molar-refractivity contribution in [3.05, 3.63) is 34.7 Å². The Balaban J connectivity index is 2.55. The summed E-state index contributed by atoms with van der Waals surface area (Å²) >= 11 is 1.81. The number of benzene rings is 1. The molecule has 13 heavy (non-hydrogen) atoms. The molecule has 1 nitrogen and oxygen atoms in total. The number of hydrogen-bond donors (Lipinski definition) is 0. The van der Waals surface area contributed by atoms with Crippen LogP contribution in [0, 0.1) is 6.92 Å². The van der Waals surface area contributed by atoms with Gasteiger partial charge in [-0.05, 0) is 30.0 Å². The molecular weight excluding hydrogens is 180 g/mol. The number of ether oxygens (including phenoxy) is 1. The van der Waals surface area contributed by atoms with E-state index in [9.17, 15) is 0 Å². The molecule has 2 aromatic rings. The Hall–Kier alpha value is -0.860. The lowest BCUT2D eigenvalue weighted by Gasteiger charge is -1.92. The van der Waals surface area contributed by atoms with Gasteiger partial charge in [0, 0.05) is 16.7 Å². The summed E-state index contributed by atoms with van der Waals surface area (Å²) in [4.78, 5) is 1.30. The van der Waals surface area contributed by atoms with Crippen molar-refractivity contribution in [2.75, 3.05) is 7.11 Å². The molecule has 0 spiro atoms. The van der Waals surface area contributed by atoms with Gasteiger partial charge in [0.15, 0.2) is 0 Å². The van der Waals surface area contributed by atoms with Crippen LogP contribution in [-0.2, 0) is 11.3 Å². The second-order valence-electron chi connectivity index (χ2n) is 3.13. The first-order chi connectivity index (χ1) is 6.31.